The van der Waals surface area contributed by atoms with E-state index in [1.54, 1.807) is 10.7 Å². The molecule has 0 saturated heterocycles. The highest BCUT2D eigenvalue weighted by molar-refractivity contribution is 9.10. The van der Waals surface area contributed by atoms with E-state index in [9.17, 15) is 4.79 Å². The second kappa shape index (κ2) is 8.84. The zero-order valence-electron chi connectivity index (χ0n) is 17.6. The number of halogens is 2. The maximum atomic E-state index is 13.5. The lowest BCUT2D eigenvalue weighted by molar-refractivity contribution is -0.113. The molecule has 1 aliphatic rings. The molecule has 1 amide bonds. The van der Waals surface area contributed by atoms with E-state index in [0.717, 1.165) is 21.3 Å². The molecule has 1 unspecified atom stereocenters. The predicted molar refractivity (Wildman–Crippen MR) is 134 cm³/mol. The van der Waals surface area contributed by atoms with E-state index in [1.165, 1.54) is 0 Å². The SMILES string of the molecule is CC1=C(C(=O)Nc2ccccc2)C(c2cccc(Br)c2)n2nc(-c3ccccc3Cl)nc2N1. The van der Waals surface area contributed by atoms with Crippen LogP contribution in [0.3, 0.4) is 0 Å². The third-order valence-electron chi connectivity index (χ3n) is 5.41. The van der Waals surface area contributed by atoms with Gasteiger partial charge in [0.1, 0.15) is 6.04 Å². The second-order valence-corrected chi connectivity index (χ2v) is 8.95. The summed E-state index contributed by atoms with van der Waals surface area (Å²) in [7, 11) is 0. The van der Waals surface area contributed by atoms with Gasteiger partial charge < -0.3 is 10.6 Å². The van der Waals surface area contributed by atoms with Crippen LogP contribution in [-0.4, -0.2) is 20.7 Å². The summed E-state index contributed by atoms with van der Waals surface area (Å²) in [4.78, 5) is 18.2. The molecular weight excluding hydrogens is 502 g/mol. The molecule has 1 atom stereocenters. The molecule has 0 saturated carbocycles. The van der Waals surface area contributed by atoms with Crippen LogP contribution in [0, 0.1) is 0 Å². The number of fused-ring (bicyclic) bond motifs is 1. The Bertz CT molecular complexity index is 1380. The third-order valence-corrected chi connectivity index (χ3v) is 6.23. The maximum Gasteiger partial charge on any atom is 0.255 e. The molecule has 0 fully saturated rings. The van der Waals surface area contributed by atoms with Crippen LogP contribution in [0.5, 0.6) is 0 Å². The number of amides is 1. The summed E-state index contributed by atoms with van der Waals surface area (Å²) in [6, 6.07) is 24.2. The van der Waals surface area contributed by atoms with Gasteiger partial charge in [-0.05, 0) is 48.9 Å². The average Bonchev–Trinajstić information content (AvgIpc) is 3.22. The molecule has 0 radical (unpaired) electrons. The van der Waals surface area contributed by atoms with Crippen LogP contribution in [0.2, 0.25) is 5.02 Å². The molecule has 4 aromatic rings. The molecule has 2 N–H and O–H groups in total. The number of rotatable bonds is 4. The Morgan fingerprint density at radius 3 is 2.58 bits per heavy atom. The highest BCUT2D eigenvalue weighted by Gasteiger charge is 2.34. The maximum absolute atomic E-state index is 13.5. The Labute approximate surface area is 204 Å². The lowest BCUT2D eigenvalue weighted by Gasteiger charge is -2.28. The van der Waals surface area contributed by atoms with Gasteiger partial charge in [-0.25, -0.2) is 4.68 Å². The first-order valence-electron chi connectivity index (χ1n) is 10.3. The summed E-state index contributed by atoms with van der Waals surface area (Å²) in [6.07, 6.45) is 0. The van der Waals surface area contributed by atoms with Crippen LogP contribution < -0.4 is 10.6 Å². The molecule has 164 valence electrons. The molecule has 1 aromatic heterocycles. The Morgan fingerprint density at radius 1 is 1.06 bits per heavy atom. The summed E-state index contributed by atoms with van der Waals surface area (Å²) in [6.45, 7) is 1.87. The highest BCUT2D eigenvalue weighted by atomic mass is 79.9. The Kier molecular flexibility index (Phi) is 5.74. The monoisotopic (exact) mass is 519 g/mol. The average molecular weight is 521 g/mol. The van der Waals surface area contributed by atoms with Crippen molar-refractivity contribution in [3.8, 4) is 11.4 Å². The van der Waals surface area contributed by atoms with Crippen molar-refractivity contribution in [3.63, 3.8) is 0 Å². The summed E-state index contributed by atoms with van der Waals surface area (Å²) < 4.78 is 2.65. The first kappa shape index (κ1) is 21.4. The van der Waals surface area contributed by atoms with Gasteiger partial charge in [0.05, 0.1) is 10.6 Å². The van der Waals surface area contributed by atoms with Crippen molar-refractivity contribution in [1.82, 2.24) is 14.8 Å². The molecule has 33 heavy (non-hydrogen) atoms. The number of aromatic nitrogens is 3. The van der Waals surface area contributed by atoms with E-state index in [2.05, 4.69) is 31.5 Å². The lowest BCUT2D eigenvalue weighted by Crippen LogP contribution is -2.31. The topological polar surface area (TPSA) is 71.8 Å². The van der Waals surface area contributed by atoms with Crippen molar-refractivity contribution in [1.29, 1.82) is 0 Å². The van der Waals surface area contributed by atoms with Crippen LogP contribution in [-0.2, 0) is 4.79 Å². The Hall–Kier alpha value is -3.42. The number of nitrogens with zero attached hydrogens (tertiary/aromatic N) is 3. The van der Waals surface area contributed by atoms with Crippen molar-refractivity contribution in [3.05, 3.63) is 105 Å². The lowest BCUT2D eigenvalue weighted by atomic mass is 9.95. The van der Waals surface area contributed by atoms with Gasteiger partial charge in [0.15, 0.2) is 5.82 Å². The van der Waals surface area contributed by atoms with Crippen molar-refractivity contribution in [2.75, 3.05) is 10.6 Å². The van der Waals surface area contributed by atoms with E-state index in [-0.39, 0.29) is 5.91 Å². The molecule has 3 aromatic carbocycles. The molecule has 2 heterocycles. The number of anilines is 2. The van der Waals surface area contributed by atoms with Gasteiger partial charge in [-0.3, -0.25) is 4.79 Å². The minimum atomic E-state index is -0.480. The van der Waals surface area contributed by atoms with Crippen molar-refractivity contribution < 1.29 is 4.79 Å². The zero-order valence-corrected chi connectivity index (χ0v) is 19.9. The molecule has 0 spiro atoms. The van der Waals surface area contributed by atoms with Crippen molar-refractivity contribution in [2.45, 2.75) is 13.0 Å². The fourth-order valence-electron chi connectivity index (χ4n) is 3.91. The fourth-order valence-corrected chi connectivity index (χ4v) is 4.54. The smallest absolute Gasteiger partial charge is 0.255 e. The largest absolute Gasteiger partial charge is 0.328 e. The summed E-state index contributed by atoms with van der Waals surface area (Å²) in [5, 5.41) is 11.6. The van der Waals surface area contributed by atoms with Gasteiger partial charge in [0.2, 0.25) is 5.95 Å². The van der Waals surface area contributed by atoms with Gasteiger partial charge in [0.25, 0.3) is 5.91 Å². The van der Waals surface area contributed by atoms with Crippen LogP contribution >= 0.6 is 27.5 Å². The molecule has 5 rings (SSSR count). The molecule has 0 aliphatic carbocycles. The van der Waals surface area contributed by atoms with Crippen LogP contribution in [0.1, 0.15) is 18.5 Å². The van der Waals surface area contributed by atoms with E-state index >= 15 is 0 Å². The van der Waals surface area contributed by atoms with E-state index in [1.807, 2.05) is 79.7 Å². The van der Waals surface area contributed by atoms with Gasteiger partial charge >= 0.3 is 0 Å². The quantitative estimate of drug-likeness (QED) is 0.332. The first-order valence-corrected chi connectivity index (χ1v) is 11.5. The summed E-state index contributed by atoms with van der Waals surface area (Å²) in [5.41, 5.74) is 3.61. The highest BCUT2D eigenvalue weighted by Crippen LogP contribution is 2.38. The van der Waals surface area contributed by atoms with Gasteiger partial charge in [0, 0.05) is 21.4 Å². The van der Waals surface area contributed by atoms with Gasteiger partial charge in [-0.15, -0.1) is 5.10 Å². The first-order chi connectivity index (χ1) is 16.0. The normalized spacial score (nSPS) is 15.1. The van der Waals surface area contributed by atoms with Crippen molar-refractivity contribution in [2.24, 2.45) is 0 Å². The fraction of sp³-hybridized carbons (Fsp3) is 0.0800. The van der Waals surface area contributed by atoms with E-state index < -0.39 is 6.04 Å². The minimum Gasteiger partial charge on any atom is -0.328 e. The number of para-hydroxylation sites is 1. The van der Waals surface area contributed by atoms with Gasteiger partial charge in [-0.2, -0.15) is 4.98 Å². The number of carbonyl (C=O) groups is 1. The summed E-state index contributed by atoms with van der Waals surface area (Å²) in [5.74, 6) is 0.820. The van der Waals surface area contributed by atoms with Crippen LogP contribution in [0.25, 0.3) is 11.4 Å². The van der Waals surface area contributed by atoms with Crippen LogP contribution in [0.15, 0.2) is 94.6 Å². The summed E-state index contributed by atoms with van der Waals surface area (Å²) >= 11 is 9.96. The van der Waals surface area contributed by atoms with E-state index in [0.29, 0.717) is 28.1 Å². The van der Waals surface area contributed by atoms with E-state index in [4.69, 9.17) is 16.7 Å². The molecule has 8 heteroatoms. The standard InChI is InChI=1S/C25H19BrClN5O/c1-15-21(24(33)29-18-10-3-2-4-11-18)22(16-8-7-9-17(26)14-16)32-25(28-15)30-23(31-32)19-12-5-6-13-20(19)27/h2-14,22H,1H3,(H,29,33)(H,28,30,31). The number of carbonyl (C=O) groups excluding carboxylic acids is 1. The Morgan fingerprint density at radius 2 is 1.82 bits per heavy atom. The third kappa shape index (κ3) is 4.17. The Balaban J connectivity index is 1.63. The number of benzene rings is 3. The molecule has 1 aliphatic heterocycles. The number of allylic oxidation sites excluding steroid dienone is 1. The molecular formula is C25H19BrClN5O. The minimum absolute atomic E-state index is 0.211. The number of hydrogen-bond acceptors (Lipinski definition) is 4. The number of nitrogens with one attached hydrogen (secondary N) is 2. The second-order valence-electron chi connectivity index (χ2n) is 7.62. The van der Waals surface area contributed by atoms with Gasteiger partial charge in [-0.1, -0.05) is 70.0 Å². The molecule has 0 bridgehead atoms. The van der Waals surface area contributed by atoms with Crippen LogP contribution in [0.4, 0.5) is 11.6 Å². The number of hydrogen-bond donors (Lipinski definition) is 2. The van der Waals surface area contributed by atoms with Crippen molar-refractivity contribution >= 4 is 45.1 Å². The predicted octanol–water partition coefficient (Wildman–Crippen LogP) is 6.29. The zero-order chi connectivity index (χ0) is 22.9. The molecule has 6 nitrogen and oxygen atoms in total.